The second-order valence-corrected chi connectivity index (χ2v) is 3.72. The number of rotatable bonds is 5. The molecule has 1 atom stereocenters. The molecular formula is C12H16O3. The summed E-state index contributed by atoms with van der Waals surface area (Å²) in [5.41, 5.74) is 2.35. The molecule has 2 N–H and O–H groups in total. The van der Waals surface area contributed by atoms with Crippen molar-refractivity contribution in [1.29, 1.82) is 0 Å². The van der Waals surface area contributed by atoms with Crippen LogP contribution in [0.2, 0.25) is 0 Å². The Morgan fingerprint density at radius 3 is 2.67 bits per heavy atom. The highest BCUT2D eigenvalue weighted by Crippen LogP contribution is 2.11. The van der Waals surface area contributed by atoms with Gasteiger partial charge in [0.1, 0.15) is 0 Å². The summed E-state index contributed by atoms with van der Waals surface area (Å²) < 4.78 is 0. The SMILES string of the molecule is Cc1ccccc1CCC(O)CC(=O)O. The van der Waals surface area contributed by atoms with Gasteiger partial charge in [-0.3, -0.25) is 4.79 Å². The summed E-state index contributed by atoms with van der Waals surface area (Å²) in [5, 5.41) is 17.9. The summed E-state index contributed by atoms with van der Waals surface area (Å²) in [6.07, 6.45) is 0.298. The lowest BCUT2D eigenvalue weighted by Gasteiger charge is -2.09. The molecule has 3 heteroatoms. The Hall–Kier alpha value is -1.35. The van der Waals surface area contributed by atoms with Crippen LogP contribution in [-0.2, 0) is 11.2 Å². The maximum Gasteiger partial charge on any atom is 0.305 e. The van der Waals surface area contributed by atoms with Crippen molar-refractivity contribution >= 4 is 5.97 Å². The fourth-order valence-corrected chi connectivity index (χ4v) is 1.52. The average molecular weight is 208 g/mol. The van der Waals surface area contributed by atoms with E-state index >= 15 is 0 Å². The molecule has 0 radical (unpaired) electrons. The van der Waals surface area contributed by atoms with Gasteiger partial charge in [-0.15, -0.1) is 0 Å². The van der Waals surface area contributed by atoms with E-state index in [-0.39, 0.29) is 6.42 Å². The van der Waals surface area contributed by atoms with Gasteiger partial charge in [0.05, 0.1) is 12.5 Å². The molecule has 0 aliphatic rings. The van der Waals surface area contributed by atoms with E-state index in [2.05, 4.69) is 0 Å². The minimum atomic E-state index is -0.952. The van der Waals surface area contributed by atoms with Crippen molar-refractivity contribution in [3.05, 3.63) is 35.4 Å². The standard InChI is InChI=1S/C12H16O3/c1-9-4-2-3-5-10(9)6-7-11(13)8-12(14)15/h2-5,11,13H,6-8H2,1H3,(H,14,15). The molecule has 1 aromatic carbocycles. The van der Waals surface area contributed by atoms with Gasteiger partial charge >= 0.3 is 5.97 Å². The number of aryl methyl sites for hydroxylation is 2. The molecule has 0 heterocycles. The fourth-order valence-electron chi connectivity index (χ4n) is 1.52. The van der Waals surface area contributed by atoms with E-state index in [1.54, 1.807) is 0 Å². The van der Waals surface area contributed by atoms with Crippen LogP contribution in [0.4, 0.5) is 0 Å². The van der Waals surface area contributed by atoms with E-state index in [9.17, 15) is 9.90 Å². The Morgan fingerprint density at radius 2 is 2.07 bits per heavy atom. The van der Waals surface area contributed by atoms with Crippen LogP contribution >= 0.6 is 0 Å². The Kier molecular flexibility index (Phi) is 4.31. The number of aliphatic hydroxyl groups excluding tert-OH is 1. The van der Waals surface area contributed by atoms with Gasteiger partial charge in [0.2, 0.25) is 0 Å². The Balaban J connectivity index is 2.43. The molecule has 1 rings (SSSR count). The number of carboxylic acid groups (broad SMARTS) is 1. The second-order valence-electron chi connectivity index (χ2n) is 3.72. The summed E-state index contributed by atoms with van der Waals surface area (Å²) >= 11 is 0. The van der Waals surface area contributed by atoms with E-state index in [1.807, 2.05) is 31.2 Å². The smallest absolute Gasteiger partial charge is 0.305 e. The predicted octanol–water partition coefficient (Wildman–Crippen LogP) is 1.76. The first-order valence-electron chi connectivity index (χ1n) is 5.04. The predicted molar refractivity (Wildman–Crippen MR) is 57.8 cm³/mol. The van der Waals surface area contributed by atoms with Gasteiger partial charge in [-0.2, -0.15) is 0 Å². The summed E-state index contributed by atoms with van der Waals surface area (Å²) in [4.78, 5) is 10.3. The summed E-state index contributed by atoms with van der Waals surface area (Å²) in [6.45, 7) is 2.01. The van der Waals surface area contributed by atoms with Crippen LogP contribution in [0.15, 0.2) is 24.3 Å². The lowest BCUT2D eigenvalue weighted by Crippen LogP contribution is -2.13. The van der Waals surface area contributed by atoms with Crippen molar-refractivity contribution in [1.82, 2.24) is 0 Å². The molecule has 0 saturated carbocycles. The lowest BCUT2D eigenvalue weighted by atomic mass is 10.0. The first-order valence-corrected chi connectivity index (χ1v) is 5.04. The van der Waals surface area contributed by atoms with E-state index in [1.165, 1.54) is 11.1 Å². The number of carbonyl (C=O) groups is 1. The largest absolute Gasteiger partial charge is 0.481 e. The van der Waals surface area contributed by atoms with E-state index in [0.29, 0.717) is 6.42 Å². The molecule has 0 aliphatic carbocycles. The number of carboxylic acids is 1. The number of aliphatic carboxylic acids is 1. The number of hydrogen-bond donors (Lipinski definition) is 2. The van der Waals surface area contributed by atoms with Gasteiger partial charge in [0.25, 0.3) is 0 Å². The van der Waals surface area contributed by atoms with Crippen LogP contribution in [0.5, 0.6) is 0 Å². The molecule has 0 saturated heterocycles. The molecule has 1 unspecified atom stereocenters. The normalized spacial score (nSPS) is 12.4. The molecular weight excluding hydrogens is 192 g/mol. The molecule has 1 aromatic rings. The minimum absolute atomic E-state index is 0.175. The van der Waals surface area contributed by atoms with Crippen molar-refractivity contribution in [2.45, 2.75) is 32.3 Å². The molecule has 82 valence electrons. The van der Waals surface area contributed by atoms with Crippen LogP contribution in [0.25, 0.3) is 0 Å². The summed E-state index contributed by atoms with van der Waals surface area (Å²) in [7, 11) is 0. The third-order valence-electron chi connectivity index (χ3n) is 2.42. The first kappa shape index (κ1) is 11.7. The molecule has 0 fully saturated rings. The molecule has 0 bridgehead atoms. The zero-order valence-electron chi connectivity index (χ0n) is 8.81. The number of hydrogen-bond acceptors (Lipinski definition) is 2. The van der Waals surface area contributed by atoms with Crippen molar-refractivity contribution < 1.29 is 15.0 Å². The molecule has 0 spiro atoms. The maximum absolute atomic E-state index is 10.3. The average Bonchev–Trinajstić information content (AvgIpc) is 2.15. The molecule has 0 aliphatic heterocycles. The second kappa shape index (κ2) is 5.51. The third-order valence-corrected chi connectivity index (χ3v) is 2.42. The molecule has 3 nitrogen and oxygen atoms in total. The Bertz CT molecular complexity index is 333. The summed E-state index contributed by atoms with van der Waals surface area (Å²) in [6, 6.07) is 7.93. The Labute approximate surface area is 89.4 Å². The summed E-state index contributed by atoms with van der Waals surface area (Å²) in [5.74, 6) is -0.952. The van der Waals surface area contributed by atoms with Gasteiger partial charge in [0.15, 0.2) is 0 Å². The van der Waals surface area contributed by atoms with Gasteiger partial charge in [-0.25, -0.2) is 0 Å². The number of aliphatic hydroxyl groups is 1. The quantitative estimate of drug-likeness (QED) is 0.775. The minimum Gasteiger partial charge on any atom is -0.481 e. The van der Waals surface area contributed by atoms with Crippen molar-refractivity contribution in [3.8, 4) is 0 Å². The first-order chi connectivity index (χ1) is 7.09. The lowest BCUT2D eigenvalue weighted by molar-refractivity contribution is -0.139. The maximum atomic E-state index is 10.3. The topological polar surface area (TPSA) is 57.5 Å². The molecule has 0 amide bonds. The van der Waals surface area contributed by atoms with Crippen LogP contribution in [0.3, 0.4) is 0 Å². The zero-order valence-corrected chi connectivity index (χ0v) is 8.81. The number of benzene rings is 1. The van der Waals surface area contributed by atoms with Gasteiger partial charge < -0.3 is 10.2 Å². The monoisotopic (exact) mass is 208 g/mol. The van der Waals surface area contributed by atoms with Crippen LogP contribution in [-0.4, -0.2) is 22.3 Å². The van der Waals surface area contributed by atoms with Crippen LogP contribution in [0.1, 0.15) is 24.0 Å². The Morgan fingerprint density at radius 1 is 1.40 bits per heavy atom. The van der Waals surface area contributed by atoms with E-state index in [4.69, 9.17) is 5.11 Å². The highest BCUT2D eigenvalue weighted by atomic mass is 16.4. The fraction of sp³-hybridized carbons (Fsp3) is 0.417. The highest BCUT2D eigenvalue weighted by molar-refractivity contribution is 5.67. The van der Waals surface area contributed by atoms with Crippen molar-refractivity contribution in [2.75, 3.05) is 0 Å². The van der Waals surface area contributed by atoms with Crippen molar-refractivity contribution in [2.24, 2.45) is 0 Å². The van der Waals surface area contributed by atoms with Gasteiger partial charge in [0, 0.05) is 0 Å². The van der Waals surface area contributed by atoms with Crippen LogP contribution in [0, 0.1) is 6.92 Å². The third kappa shape index (κ3) is 4.13. The van der Waals surface area contributed by atoms with Crippen LogP contribution < -0.4 is 0 Å². The molecule has 0 aromatic heterocycles. The van der Waals surface area contributed by atoms with Gasteiger partial charge in [-0.1, -0.05) is 24.3 Å². The zero-order chi connectivity index (χ0) is 11.3. The van der Waals surface area contributed by atoms with Gasteiger partial charge in [-0.05, 0) is 30.9 Å². The van der Waals surface area contributed by atoms with E-state index in [0.717, 1.165) is 6.42 Å². The highest BCUT2D eigenvalue weighted by Gasteiger charge is 2.09. The van der Waals surface area contributed by atoms with E-state index < -0.39 is 12.1 Å². The van der Waals surface area contributed by atoms with Crippen molar-refractivity contribution in [3.63, 3.8) is 0 Å². The molecule has 15 heavy (non-hydrogen) atoms.